The van der Waals surface area contributed by atoms with E-state index >= 15 is 0 Å². The van der Waals surface area contributed by atoms with Crippen molar-refractivity contribution < 1.29 is 19.7 Å². The Labute approximate surface area is 198 Å². The number of imidazole rings is 1. The molecule has 0 aliphatic heterocycles. The summed E-state index contributed by atoms with van der Waals surface area (Å²) in [5.41, 5.74) is 1.81. The SMILES string of the molecule is CC(C)(c1ccc(OC[C@H](O)Cn2ccnc2)cc1)c1ccc(OC[C@@H](O)CCl)c(Cl)c1. The van der Waals surface area contributed by atoms with Gasteiger partial charge in [0, 0.05) is 17.8 Å². The topological polar surface area (TPSA) is 76.7 Å². The third-order valence-corrected chi connectivity index (χ3v) is 5.91. The Balaban J connectivity index is 1.62. The number of aliphatic hydroxyl groups excluding tert-OH is 2. The molecule has 1 heterocycles. The Morgan fingerprint density at radius 3 is 2.31 bits per heavy atom. The van der Waals surface area contributed by atoms with E-state index in [0.717, 1.165) is 11.1 Å². The lowest BCUT2D eigenvalue weighted by Crippen LogP contribution is -2.23. The molecule has 2 N–H and O–H groups in total. The number of hydrogen-bond acceptors (Lipinski definition) is 5. The quantitative estimate of drug-likeness (QED) is 0.402. The lowest BCUT2D eigenvalue weighted by Gasteiger charge is -2.27. The zero-order valence-electron chi connectivity index (χ0n) is 18.1. The van der Waals surface area contributed by atoms with E-state index in [9.17, 15) is 10.2 Å². The Morgan fingerprint density at radius 2 is 1.69 bits per heavy atom. The number of aromatic nitrogens is 2. The van der Waals surface area contributed by atoms with Crippen molar-refractivity contribution in [3.05, 3.63) is 77.3 Å². The fourth-order valence-corrected chi connectivity index (χ4v) is 3.58. The number of ether oxygens (including phenoxy) is 2. The van der Waals surface area contributed by atoms with E-state index in [1.165, 1.54) is 0 Å². The zero-order chi connectivity index (χ0) is 23.1. The first-order valence-electron chi connectivity index (χ1n) is 10.3. The molecule has 0 saturated carbocycles. The Kier molecular flexibility index (Phi) is 8.43. The van der Waals surface area contributed by atoms with E-state index in [0.29, 0.717) is 23.1 Å². The van der Waals surface area contributed by atoms with Crippen molar-refractivity contribution in [2.75, 3.05) is 19.1 Å². The van der Waals surface area contributed by atoms with Gasteiger partial charge in [-0.25, -0.2) is 4.98 Å². The highest BCUT2D eigenvalue weighted by Crippen LogP contribution is 2.36. The summed E-state index contributed by atoms with van der Waals surface area (Å²) in [6, 6.07) is 13.5. The van der Waals surface area contributed by atoms with E-state index < -0.39 is 12.2 Å². The van der Waals surface area contributed by atoms with Gasteiger partial charge in [0.25, 0.3) is 0 Å². The molecule has 0 fully saturated rings. The number of rotatable bonds is 11. The van der Waals surface area contributed by atoms with Gasteiger partial charge >= 0.3 is 0 Å². The summed E-state index contributed by atoms with van der Waals surface area (Å²) in [5.74, 6) is 1.30. The van der Waals surface area contributed by atoms with Crippen molar-refractivity contribution in [3.63, 3.8) is 0 Å². The van der Waals surface area contributed by atoms with Crippen LogP contribution in [0.15, 0.2) is 61.2 Å². The third-order valence-electron chi connectivity index (χ3n) is 5.26. The van der Waals surface area contributed by atoms with E-state index in [1.54, 1.807) is 29.4 Å². The van der Waals surface area contributed by atoms with Crippen molar-refractivity contribution in [2.45, 2.75) is 38.0 Å². The summed E-state index contributed by atoms with van der Waals surface area (Å²) in [7, 11) is 0. The molecule has 32 heavy (non-hydrogen) atoms. The first-order valence-corrected chi connectivity index (χ1v) is 11.2. The number of alkyl halides is 1. The second-order valence-electron chi connectivity index (χ2n) is 8.14. The van der Waals surface area contributed by atoms with Crippen LogP contribution >= 0.6 is 23.2 Å². The van der Waals surface area contributed by atoms with Crippen LogP contribution in [0.25, 0.3) is 0 Å². The summed E-state index contributed by atoms with van der Waals surface area (Å²) in [6.45, 7) is 4.93. The molecule has 0 unspecified atom stereocenters. The largest absolute Gasteiger partial charge is 0.491 e. The standard InChI is InChI=1S/C24H28Cl2N2O4/c1-24(2,18-5-8-23(22(26)11-18)32-14-19(29)12-25)17-3-6-21(7-4-17)31-15-20(30)13-28-10-9-27-16-28/h3-11,16,19-20,29-30H,12-15H2,1-2H3/t19-,20+/m0/s1. The number of benzene rings is 2. The first-order chi connectivity index (χ1) is 15.3. The normalized spacial score (nSPS) is 13.6. The van der Waals surface area contributed by atoms with Gasteiger partial charge in [0.2, 0.25) is 0 Å². The van der Waals surface area contributed by atoms with Gasteiger partial charge in [-0.1, -0.05) is 43.6 Å². The molecular formula is C24H28Cl2N2O4. The molecule has 8 heteroatoms. The van der Waals surface area contributed by atoms with Crippen LogP contribution in [0.5, 0.6) is 11.5 Å². The summed E-state index contributed by atoms with van der Waals surface area (Å²) in [5, 5.41) is 20.2. The minimum Gasteiger partial charge on any atom is -0.491 e. The van der Waals surface area contributed by atoms with Crippen LogP contribution in [-0.4, -0.2) is 51.1 Å². The smallest absolute Gasteiger partial charge is 0.138 e. The fourth-order valence-electron chi connectivity index (χ4n) is 3.25. The number of hydrogen-bond donors (Lipinski definition) is 2. The Hall–Kier alpha value is -2.25. The van der Waals surface area contributed by atoms with Crippen molar-refractivity contribution >= 4 is 23.2 Å². The minimum atomic E-state index is -0.739. The van der Waals surface area contributed by atoms with Gasteiger partial charge in [0.15, 0.2) is 0 Å². The summed E-state index contributed by atoms with van der Waals surface area (Å²) >= 11 is 12.0. The predicted molar refractivity (Wildman–Crippen MR) is 126 cm³/mol. The summed E-state index contributed by atoms with van der Waals surface area (Å²) in [6.07, 6.45) is 3.77. The van der Waals surface area contributed by atoms with Crippen LogP contribution in [0, 0.1) is 0 Å². The molecule has 3 rings (SSSR count). The maximum Gasteiger partial charge on any atom is 0.138 e. The number of halogens is 2. The maximum atomic E-state index is 10.1. The highest BCUT2D eigenvalue weighted by Gasteiger charge is 2.24. The molecule has 1 aromatic heterocycles. The Morgan fingerprint density at radius 1 is 1.00 bits per heavy atom. The van der Waals surface area contributed by atoms with Crippen LogP contribution in [-0.2, 0) is 12.0 Å². The summed E-state index contributed by atoms with van der Waals surface area (Å²) in [4.78, 5) is 3.96. The van der Waals surface area contributed by atoms with Gasteiger partial charge in [-0.15, -0.1) is 11.6 Å². The highest BCUT2D eigenvalue weighted by molar-refractivity contribution is 6.32. The molecule has 0 bridgehead atoms. The van der Waals surface area contributed by atoms with E-state index in [2.05, 4.69) is 18.8 Å². The Bertz CT molecular complexity index is 978. The van der Waals surface area contributed by atoms with Gasteiger partial charge in [0.05, 0.1) is 23.8 Å². The van der Waals surface area contributed by atoms with Gasteiger partial charge in [-0.3, -0.25) is 0 Å². The molecular weight excluding hydrogens is 451 g/mol. The number of aliphatic hydroxyl groups is 2. The second kappa shape index (κ2) is 11.1. The molecule has 2 aromatic carbocycles. The van der Waals surface area contributed by atoms with Gasteiger partial charge in [-0.05, 0) is 35.4 Å². The average molecular weight is 479 g/mol. The fraction of sp³-hybridized carbons (Fsp3) is 0.375. The molecule has 6 nitrogen and oxygen atoms in total. The average Bonchev–Trinajstić information content (AvgIpc) is 3.29. The molecule has 0 amide bonds. The lowest BCUT2D eigenvalue weighted by molar-refractivity contribution is 0.0924. The van der Waals surface area contributed by atoms with E-state index in [-0.39, 0.29) is 24.5 Å². The van der Waals surface area contributed by atoms with Gasteiger partial charge < -0.3 is 24.3 Å². The van der Waals surface area contributed by atoms with Crippen LogP contribution in [0.1, 0.15) is 25.0 Å². The predicted octanol–water partition coefficient (Wildman–Crippen LogP) is 4.28. The van der Waals surface area contributed by atoms with Gasteiger partial charge in [0.1, 0.15) is 36.9 Å². The molecule has 172 valence electrons. The molecule has 3 aromatic rings. The van der Waals surface area contributed by atoms with Crippen molar-refractivity contribution in [1.29, 1.82) is 0 Å². The summed E-state index contributed by atoms with van der Waals surface area (Å²) < 4.78 is 13.1. The molecule has 0 spiro atoms. The van der Waals surface area contributed by atoms with Crippen LogP contribution < -0.4 is 9.47 Å². The lowest BCUT2D eigenvalue weighted by atomic mass is 9.78. The van der Waals surface area contributed by atoms with Crippen molar-refractivity contribution in [1.82, 2.24) is 9.55 Å². The molecule has 0 aliphatic rings. The molecule has 2 atom stereocenters. The van der Waals surface area contributed by atoms with E-state index in [1.807, 2.05) is 36.4 Å². The first kappa shape index (κ1) is 24.4. The maximum absolute atomic E-state index is 10.1. The van der Waals surface area contributed by atoms with Crippen molar-refractivity contribution in [2.24, 2.45) is 0 Å². The molecule has 0 aliphatic carbocycles. The minimum absolute atomic E-state index is 0.0877. The van der Waals surface area contributed by atoms with Crippen LogP contribution in [0.2, 0.25) is 5.02 Å². The monoisotopic (exact) mass is 478 g/mol. The highest BCUT2D eigenvalue weighted by atomic mass is 35.5. The second-order valence-corrected chi connectivity index (χ2v) is 8.85. The van der Waals surface area contributed by atoms with Crippen LogP contribution in [0.3, 0.4) is 0 Å². The van der Waals surface area contributed by atoms with Crippen molar-refractivity contribution in [3.8, 4) is 11.5 Å². The van der Waals surface area contributed by atoms with E-state index in [4.69, 9.17) is 32.7 Å². The third kappa shape index (κ3) is 6.39. The van der Waals surface area contributed by atoms with Gasteiger partial charge in [-0.2, -0.15) is 0 Å². The molecule has 0 saturated heterocycles. The zero-order valence-corrected chi connectivity index (χ0v) is 19.6. The number of nitrogens with zero attached hydrogens (tertiary/aromatic N) is 2. The van der Waals surface area contributed by atoms with Crippen LogP contribution in [0.4, 0.5) is 0 Å². The molecule has 0 radical (unpaired) electrons.